The van der Waals surface area contributed by atoms with Gasteiger partial charge in [0, 0.05) is 18.5 Å². The third-order valence-corrected chi connectivity index (χ3v) is 5.37. The van der Waals surface area contributed by atoms with Gasteiger partial charge >= 0.3 is 0 Å². The molecular formula is C19H20Cl2N4O. The fourth-order valence-corrected chi connectivity index (χ4v) is 3.55. The lowest BCUT2D eigenvalue weighted by Gasteiger charge is -2.07. The van der Waals surface area contributed by atoms with Crippen molar-refractivity contribution in [1.29, 1.82) is 0 Å². The summed E-state index contributed by atoms with van der Waals surface area (Å²) < 4.78 is 8.16. The zero-order valence-electron chi connectivity index (χ0n) is 14.3. The largest absolute Gasteiger partial charge is 0.460 e. The number of aryl methyl sites for hydroxylation is 1. The summed E-state index contributed by atoms with van der Waals surface area (Å²) in [4.78, 5) is 0. The van der Waals surface area contributed by atoms with Crippen molar-refractivity contribution in [3.05, 3.63) is 57.8 Å². The number of furan rings is 1. The second-order valence-electron chi connectivity index (χ2n) is 6.49. The molecule has 1 N–H and O–H groups in total. The van der Waals surface area contributed by atoms with E-state index in [-0.39, 0.29) is 0 Å². The zero-order valence-corrected chi connectivity index (χ0v) is 15.9. The number of hydrogen-bond donors (Lipinski definition) is 1. The Balaban J connectivity index is 1.38. The Morgan fingerprint density at radius 3 is 2.81 bits per heavy atom. The maximum atomic E-state index is 6.08. The van der Waals surface area contributed by atoms with Gasteiger partial charge in [0.15, 0.2) is 0 Å². The van der Waals surface area contributed by atoms with Crippen LogP contribution in [0.25, 0.3) is 11.3 Å². The van der Waals surface area contributed by atoms with Gasteiger partial charge in [0.05, 0.1) is 23.1 Å². The Labute approximate surface area is 162 Å². The van der Waals surface area contributed by atoms with E-state index in [1.165, 1.54) is 19.3 Å². The summed E-state index contributed by atoms with van der Waals surface area (Å²) in [5, 5.41) is 13.1. The van der Waals surface area contributed by atoms with Crippen molar-refractivity contribution in [3.8, 4) is 11.3 Å². The molecule has 0 fully saturated rings. The molecule has 0 bridgehead atoms. The Bertz CT molecular complexity index is 903. The normalized spacial score (nSPS) is 14.2. The van der Waals surface area contributed by atoms with Crippen LogP contribution in [-0.4, -0.2) is 14.8 Å². The SMILES string of the molecule is Clc1ccc(-c2ccc(CNCc3nnc4n3CCCCC4)o2)cc1Cl. The summed E-state index contributed by atoms with van der Waals surface area (Å²) in [5.74, 6) is 3.75. The molecule has 26 heavy (non-hydrogen) atoms. The summed E-state index contributed by atoms with van der Waals surface area (Å²) in [5.41, 5.74) is 0.911. The molecule has 1 aliphatic heterocycles. The van der Waals surface area contributed by atoms with Crippen molar-refractivity contribution in [1.82, 2.24) is 20.1 Å². The molecule has 3 aromatic rings. The highest BCUT2D eigenvalue weighted by molar-refractivity contribution is 6.42. The number of benzene rings is 1. The molecule has 7 heteroatoms. The fraction of sp³-hybridized carbons (Fsp3) is 0.368. The lowest BCUT2D eigenvalue weighted by molar-refractivity contribution is 0.484. The molecule has 1 aliphatic rings. The monoisotopic (exact) mass is 390 g/mol. The number of rotatable bonds is 5. The molecule has 5 nitrogen and oxygen atoms in total. The minimum Gasteiger partial charge on any atom is -0.460 e. The van der Waals surface area contributed by atoms with Gasteiger partial charge in [-0.3, -0.25) is 0 Å². The van der Waals surface area contributed by atoms with Gasteiger partial charge in [0.25, 0.3) is 0 Å². The van der Waals surface area contributed by atoms with Crippen LogP contribution in [0, 0.1) is 0 Å². The second kappa shape index (κ2) is 7.82. The van der Waals surface area contributed by atoms with E-state index < -0.39 is 0 Å². The first kappa shape index (κ1) is 17.6. The highest BCUT2D eigenvalue weighted by Gasteiger charge is 2.14. The molecule has 0 saturated carbocycles. The van der Waals surface area contributed by atoms with Crippen LogP contribution in [0.3, 0.4) is 0 Å². The van der Waals surface area contributed by atoms with Crippen LogP contribution < -0.4 is 5.32 Å². The van der Waals surface area contributed by atoms with Crippen molar-refractivity contribution >= 4 is 23.2 Å². The van der Waals surface area contributed by atoms with E-state index in [2.05, 4.69) is 20.1 Å². The van der Waals surface area contributed by atoms with E-state index in [1.807, 2.05) is 24.3 Å². The molecule has 4 rings (SSSR count). The van der Waals surface area contributed by atoms with Gasteiger partial charge in [-0.2, -0.15) is 0 Å². The van der Waals surface area contributed by atoms with Crippen molar-refractivity contribution in [3.63, 3.8) is 0 Å². The Morgan fingerprint density at radius 2 is 1.92 bits per heavy atom. The maximum Gasteiger partial charge on any atom is 0.147 e. The van der Waals surface area contributed by atoms with Crippen molar-refractivity contribution < 1.29 is 4.42 Å². The van der Waals surface area contributed by atoms with Crippen LogP contribution in [0.5, 0.6) is 0 Å². The average molecular weight is 391 g/mol. The predicted molar refractivity (Wildman–Crippen MR) is 102 cm³/mol. The smallest absolute Gasteiger partial charge is 0.147 e. The molecule has 0 aliphatic carbocycles. The summed E-state index contributed by atoms with van der Waals surface area (Å²) >= 11 is 12.0. The summed E-state index contributed by atoms with van der Waals surface area (Å²) in [6.45, 7) is 2.32. The molecule has 0 unspecified atom stereocenters. The minimum absolute atomic E-state index is 0.521. The number of halogens is 2. The van der Waals surface area contributed by atoms with Crippen LogP contribution in [0.2, 0.25) is 10.0 Å². The average Bonchev–Trinajstić information content (AvgIpc) is 3.19. The lowest BCUT2D eigenvalue weighted by atomic mass is 10.2. The number of aromatic nitrogens is 3. The topological polar surface area (TPSA) is 55.9 Å². The van der Waals surface area contributed by atoms with Crippen LogP contribution in [-0.2, 0) is 26.1 Å². The lowest BCUT2D eigenvalue weighted by Crippen LogP contribution is -2.17. The van der Waals surface area contributed by atoms with E-state index in [4.69, 9.17) is 27.6 Å². The molecule has 0 saturated heterocycles. The number of nitrogens with zero attached hydrogens (tertiary/aromatic N) is 3. The number of hydrogen-bond acceptors (Lipinski definition) is 4. The molecule has 1 aromatic carbocycles. The molecule has 0 spiro atoms. The van der Waals surface area contributed by atoms with Crippen molar-refractivity contribution in [2.75, 3.05) is 0 Å². The van der Waals surface area contributed by atoms with Gasteiger partial charge in [0.2, 0.25) is 0 Å². The van der Waals surface area contributed by atoms with E-state index in [0.29, 0.717) is 23.1 Å². The minimum atomic E-state index is 0.521. The highest BCUT2D eigenvalue weighted by atomic mass is 35.5. The van der Waals surface area contributed by atoms with E-state index in [1.54, 1.807) is 6.07 Å². The highest BCUT2D eigenvalue weighted by Crippen LogP contribution is 2.29. The quantitative estimate of drug-likeness (QED) is 0.675. The van der Waals surface area contributed by atoms with E-state index in [9.17, 15) is 0 Å². The Kier molecular flexibility index (Phi) is 5.29. The first-order valence-electron chi connectivity index (χ1n) is 8.86. The van der Waals surface area contributed by atoms with E-state index in [0.717, 1.165) is 41.7 Å². The van der Waals surface area contributed by atoms with Gasteiger partial charge in [-0.15, -0.1) is 10.2 Å². The van der Waals surface area contributed by atoms with Gasteiger partial charge in [-0.05, 0) is 43.2 Å². The third-order valence-electron chi connectivity index (χ3n) is 4.63. The van der Waals surface area contributed by atoms with Gasteiger partial charge < -0.3 is 14.3 Å². The summed E-state index contributed by atoms with van der Waals surface area (Å²) in [6.07, 6.45) is 4.69. The van der Waals surface area contributed by atoms with Crippen molar-refractivity contribution in [2.45, 2.75) is 45.3 Å². The zero-order chi connectivity index (χ0) is 17.9. The van der Waals surface area contributed by atoms with E-state index >= 15 is 0 Å². The van der Waals surface area contributed by atoms with Gasteiger partial charge in [-0.25, -0.2) is 0 Å². The molecule has 2 aromatic heterocycles. The molecule has 3 heterocycles. The molecule has 0 amide bonds. The Morgan fingerprint density at radius 1 is 1.00 bits per heavy atom. The van der Waals surface area contributed by atoms with Crippen LogP contribution in [0.1, 0.15) is 36.7 Å². The molecule has 0 atom stereocenters. The van der Waals surface area contributed by atoms with Gasteiger partial charge in [0.1, 0.15) is 23.2 Å². The fourth-order valence-electron chi connectivity index (χ4n) is 3.25. The maximum absolute atomic E-state index is 6.08. The first-order valence-corrected chi connectivity index (χ1v) is 9.62. The third kappa shape index (κ3) is 3.80. The second-order valence-corrected chi connectivity index (χ2v) is 7.31. The molecular weight excluding hydrogens is 371 g/mol. The van der Waals surface area contributed by atoms with Gasteiger partial charge in [-0.1, -0.05) is 29.6 Å². The van der Waals surface area contributed by atoms with Crippen molar-refractivity contribution in [2.24, 2.45) is 0 Å². The predicted octanol–water partition coefficient (Wildman–Crippen LogP) is 4.86. The van der Waals surface area contributed by atoms with Crippen LogP contribution >= 0.6 is 23.2 Å². The summed E-state index contributed by atoms with van der Waals surface area (Å²) in [7, 11) is 0. The number of fused-ring (bicyclic) bond motifs is 1. The standard InChI is InChI=1S/C19H20Cl2N4O/c20-15-7-5-13(10-16(15)21)17-8-6-14(26-17)11-22-12-19-24-23-18-4-2-1-3-9-25(18)19/h5-8,10,22H,1-4,9,11-12H2. The Hall–Kier alpha value is -1.82. The summed E-state index contributed by atoms with van der Waals surface area (Å²) in [6, 6.07) is 9.40. The molecule has 136 valence electrons. The number of nitrogens with one attached hydrogen (secondary N) is 1. The van der Waals surface area contributed by atoms with Crippen LogP contribution in [0.4, 0.5) is 0 Å². The first-order chi connectivity index (χ1) is 12.7. The molecule has 0 radical (unpaired) electrons. The van der Waals surface area contributed by atoms with Crippen LogP contribution in [0.15, 0.2) is 34.7 Å².